The van der Waals surface area contributed by atoms with Crippen LogP contribution in [0.4, 0.5) is 0 Å². The normalized spacial score (nSPS) is 17.2. The molecular weight excluding hydrogens is 248 g/mol. The number of hydrogen-bond donors (Lipinski definition) is 1. The van der Waals surface area contributed by atoms with Gasteiger partial charge < -0.3 is 0 Å². The third-order valence-corrected chi connectivity index (χ3v) is 4.88. The van der Waals surface area contributed by atoms with Gasteiger partial charge in [-0.25, -0.2) is 13.1 Å². The maximum absolute atomic E-state index is 11.9. The molecule has 2 rings (SSSR count). The molecule has 0 saturated heterocycles. The van der Waals surface area contributed by atoms with Crippen molar-refractivity contribution in [1.82, 2.24) is 9.71 Å². The van der Waals surface area contributed by atoms with Crippen LogP contribution >= 0.6 is 0 Å². The highest BCUT2D eigenvalue weighted by Crippen LogP contribution is 2.25. The number of hydrogen-bond acceptors (Lipinski definition) is 3. The Bertz CT molecular complexity index is 493. The van der Waals surface area contributed by atoms with Crippen molar-refractivity contribution in [3.8, 4) is 0 Å². The van der Waals surface area contributed by atoms with Crippen molar-refractivity contribution in [1.29, 1.82) is 0 Å². The minimum Gasteiger partial charge on any atom is -0.262 e. The molecule has 1 aromatic heterocycles. The van der Waals surface area contributed by atoms with E-state index in [-0.39, 0.29) is 5.75 Å². The van der Waals surface area contributed by atoms with E-state index in [4.69, 9.17) is 0 Å². The van der Waals surface area contributed by atoms with Crippen molar-refractivity contribution in [2.45, 2.75) is 39.2 Å². The first-order valence-electron chi connectivity index (χ1n) is 6.44. The zero-order valence-corrected chi connectivity index (χ0v) is 11.5. The fourth-order valence-electron chi connectivity index (χ4n) is 2.45. The van der Waals surface area contributed by atoms with Gasteiger partial charge in [0.1, 0.15) is 0 Å². The molecule has 1 aromatic rings. The van der Waals surface area contributed by atoms with Gasteiger partial charge in [-0.1, -0.05) is 12.8 Å². The average molecular weight is 268 g/mol. The summed E-state index contributed by atoms with van der Waals surface area (Å²) in [5.41, 5.74) is 1.86. The molecule has 1 aliphatic carbocycles. The highest BCUT2D eigenvalue weighted by molar-refractivity contribution is 7.89. The lowest BCUT2D eigenvalue weighted by Crippen LogP contribution is -2.28. The second-order valence-electron chi connectivity index (χ2n) is 5.06. The van der Waals surface area contributed by atoms with E-state index in [0.717, 1.165) is 24.1 Å². The second kappa shape index (κ2) is 5.80. The maximum atomic E-state index is 11.9. The third kappa shape index (κ3) is 4.07. The molecule has 1 N–H and O–H groups in total. The molecule has 1 heterocycles. The number of aryl methyl sites for hydroxylation is 1. The molecule has 0 amide bonds. The molecule has 0 radical (unpaired) electrons. The topological polar surface area (TPSA) is 59.1 Å². The van der Waals surface area contributed by atoms with Gasteiger partial charge in [0, 0.05) is 18.4 Å². The average Bonchev–Trinajstić information content (AvgIpc) is 2.79. The third-order valence-electron chi connectivity index (χ3n) is 3.39. The Labute approximate surface area is 109 Å². The number of nitrogens with zero attached hydrogens (tertiary/aromatic N) is 1. The van der Waals surface area contributed by atoms with Crippen LogP contribution in [0.1, 0.15) is 36.9 Å². The smallest absolute Gasteiger partial charge is 0.212 e. The Morgan fingerprint density at radius 1 is 1.39 bits per heavy atom. The van der Waals surface area contributed by atoms with Gasteiger partial charge in [-0.3, -0.25) is 4.98 Å². The summed E-state index contributed by atoms with van der Waals surface area (Å²) in [6.45, 7) is 2.26. The number of rotatable bonds is 5. The van der Waals surface area contributed by atoms with Crippen molar-refractivity contribution in [3.05, 3.63) is 29.6 Å². The largest absolute Gasteiger partial charge is 0.262 e. The van der Waals surface area contributed by atoms with Crippen LogP contribution < -0.4 is 4.72 Å². The summed E-state index contributed by atoms with van der Waals surface area (Å²) in [4.78, 5) is 4.09. The van der Waals surface area contributed by atoms with Crippen molar-refractivity contribution < 1.29 is 8.42 Å². The molecular formula is C13H20N2O2S. The highest BCUT2D eigenvalue weighted by Gasteiger charge is 2.22. The van der Waals surface area contributed by atoms with E-state index in [9.17, 15) is 8.42 Å². The quantitative estimate of drug-likeness (QED) is 0.888. The summed E-state index contributed by atoms with van der Waals surface area (Å²) >= 11 is 0. The van der Waals surface area contributed by atoms with Gasteiger partial charge in [-0.15, -0.1) is 0 Å². The van der Waals surface area contributed by atoms with E-state index in [1.807, 2.05) is 19.1 Å². The molecule has 4 nitrogen and oxygen atoms in total. The van der Waals surface area contributed by atoms with Crippen LogP contribution in [0.3, 0.4) is 0 Å². The number of nitrogens with one attached hydrogen (secondary N) is 1. The van der Waals surface area contributed by atoms with Crippen LogP contribution in [-0.4, -0.2) is 19.2 Å². The van der Waals surface area contributed by atoms with Crippen LogP contribution in [-0.2, 0) is 16.6 Å². The molecule has 1 saturated carbocycles. The Balaban J connectivity index is 1.88. The lowest BCUT2D eigenvalue weighted by Gasteiger charge is -2.11. The monoisotopic (exact) mass is 268 g/mol. The molecule has 0 bridgehead atoms. The molecule has 0 unspecified atom stereocenters. The lowest BCUT2D eigenvalue weighted by molar-refractivity contribution is 0.547. The molecule has 1 fully saturated rings. The Morgan fingerprint density at radius 2 is 2.11 bits per heavy atom. The predicted molar refractivity (Wildman–Crippen MR) is 71.6 cm³/mol. The molecule has 100 valence electrons. The Morgan fingerprint density at radius 3 is 2.78 bits per heavy atom. The predicted octanol–water partition coefficient (Wildman–Crippen LogP) is 2.00. The summed E-state index contributed by atoms with van der Waals surface area (Å²) in [5.74, 6) is 0.624. The van der Waals surface area contributed by atoms with E-state index >= 15 is 0 Å². The minimum atomic E-state index is -3.15. The molecule has 0 aromatic carbocycles. The van der Waals surface area contributed by atoms with Crippen molar-refractivity contribution in [2.75, 3.05) is 5.75 Å². The zero-order chi connectivity index (χ0) is 13.0. The number of pyridine rings is 1. The fourth-order valence-corrected chi connectivity index (χ4v) is 3.91. The van der Waals surface area contributed by atoms with Crippen LogP contribution in [0, 0.1) is 12.8 Å². The van der Waals surface area contributed by atoms with E-state index in [1.165, 1.54) is 12.8 Å². The molecule has 0 aliphatic heterocycles. The Hall–Kier alpha value is -0.940. The van der Waals surface area contributed by atoms with Crippen molar-refractivity contribution in [3.63, 3.8) is 0 Å². The number of sulfonamides is 1. The van der Waals surface area contributed by atoms with Gasteiger partial charge in [0.05, 0.1) is 5.75 Å². The van der Waals surface area contributed by atoms with Crippen LogP contribution in [0.25, 0.3) is 0 Å². The summed E-state index contributed by atoms with van der Waals surface area (Å²) in [5, 5.41) is 0. The van der Waals surface area contributed by atoms with Gasteiger partial charge in [-0.05, 0) is 43.4 Å². The molecule has 1 aliphatic rings. The first-order chi connectivity index (χ1) is 8.55. The van der Waals surface area contributed by atoms with Gasteiger partial charge in [0.25, 0.3) is 0 Å². The molecule has 18 heavy (non-hydrogen) atoms. The van der Waals surface area contributed by atoms with Crippen LogP contribution in [0.15, 0.2) is 18.3 Å². The van der Waals surface area contributed by atoms with Crippen LogP contribution in [0.2, 0.25) is 0 Å². The maximum Gasteiger partial charge on any atom is 0.212 e. The van der Waals surface area contributed by atoms with E-state index in [2.05, 4.69) is 9.71 Å². The number of aromatic nitrogens is 1. The fraction of sp³-hybridized carbons (Fsp3) is 0.615. The summed E-state index contributed by atoms with van der Waals surface area (Å²) in [6, 6.07) is 3.74. The summed E-state index contributed by atoms with van der Waals surface area (Å²) in [7, 11) is -3.15. The standard InChI is InChI=1S/C13H20N2O2S/c1-11-8-13(6-7-14-11)9-15-18(16,17)10-12-4-2-3-5-12/h6-8,12,15H,2-5,9-10H2,1H3. The molecule has 0 spiro atoms. The zero-order valence-electron chi connectivity index (χ0n) is 10.7. The van der Waals surface area contributed by atoms with Gasteiger partial charge >= 0.3 is 0 Å². The second-order valence-corrected chi connectivity index (χ2v) is 6.91. The van der Waals surface area contributed by atoms with Gasteiger partial charge in [-0.2, -0.15) is 0 Å². The molecule has 0 atom stereocenters. The van der Waals surface area contributed by atoms with E-state index < -0.39 is 10.0 Å². The Kier molecular flexibility index (Phi) is 4.35. The summed E-state index contributed by atoms with van der Waals surface area (Å²) < 4.78 is 26.5. The van der Waals surface area contributed by atoms with Crippen molar-refractivity contribution >= 4 is 10.0 Å². The van der Waals surface area contributed by atoms with Crippen LogP contribution in [0.5, 0.6) is 0 Å². The first-order valence-corrected chi connectivity index (χ1v) is 8.09. The lowest BCUT2D eigenvalue weighted by atomic mass is 10.1. The van der Waals surface area contributed by atoms with Gasteiger partial charge in [0.2, 0.25) is 10.0 Å². The molecule has 5 heteroatoms. The first kappa shape index (κ1) is 13.5. The SMILES string of the molecule is Cc1cc(CNS(=O)(=O)CC2CCCC2)ccn1. The van der Waals surface area contributed by atoms with Crippen molar-refractivity contribution in [2.24, 2.45) is 5.92 Å². The highest BCUT2D eigenvalue weighted by atomic mass is 32.2. The van der Waals surface area contributed by atoms with E-state index in [0.29, 0.717) is 12.5 Å². The van der Waals surface area contributed by atoms with E-state index in [1.54, 1.807) is 6.20 Å². The van der Waals surface area contributed by atoms with Gasteiger partial charge in [0.15, 0.2) is 0 Å². The summed E-state index contributed by atoms with van der Waals surface area (Å²) in [6.07, 6.45) is 6.15. The minimum absolute atomic E-state index is 0.275.